The largest absolute Gasteiger partial charge is 0.341 e. The highest BCUT2D eigenvalue weighted by atomic mass is 16.2. The Morgan fingerprint density at radius 3 is 2.20 bits per heavy atom. The average molecular weight is 335 g/mol. The lowest BCUT2D eigenvalue weighted by molar-refractivity contribution is 0.102. The standard InChI is InChI=1S/C18H17N5O2/c1-19-18(25)22-14-9-7-13(8-10-14)21-17(24)16-11-20-12-23(16)15-5-3-2-4-6-15/h2-12H,1H3,(H,21,24)(H2,19,22,25). The van der Waals surface area contributed by atoms with Gasteiger partial charge in [-0.15, -0.1) is 0 Å². The summed E-state index contributed by atoms with van der Waals surface area (Å²) in [7, 11) is 1.54. The van der Waals surface area contributed by atoms with Gasteiger partial charge in [0.1, 0.15) is 5.69 Å². The van der Waals surface area contributed by atoms with Crippen molar-refractivity contribution >= 4 is 23.3 Å². The van der Waals surface area contributed by atoms with Crippen LogP contribution in [-0.4, -0.2) is 28.5 Å². The van der Waals surface area contributed by atoms with Crippen LogP contribution in [0.25, 0.3) is 5.69 Å². The van der Waals surface area contributed by atoms with Crippen molar-refractivity contribution in [2.75, 3.05) is 17.7 Å². The summed E-state index contributed by atoms with van der Waals surface area (Å²) in [4.78, 5) is 27.9. The quantitative estimate of drug-likeness (QED) is 0.685. The molecule has 0 saturated heterocycles. The van der Waals surface area contributed by atoms with Crippen molar-refractivity contribution in [3.05, 3.63) is 72.8 Å². The van der Waals surface area contributed by atoms with Crippen LogP contribution in [0.4, 0.5) is 16.2 Å². The van der Waals surface area contributed by atoms with Gasteiger partial charge in [-0.1, -0.05) is 18.2 Å². The van der Waals surface area contributed by atoms with E-state index in [9.17, 15) is 9.59 Å². The van der Waals surface area contributed by atoms with E-state index >= 15 is 0 Å². The highest BCUT2D eigenvalue weighted by Crippen LogP contribution is 2.16. The monoisotopic (exact) mass is 335 g/mol. The molecule has 0 aliphatic heterocycles. The first-order chi connectivity index (χ1) is 12.2. The van der Waals surface area contributed by atoms with E-state index in [1.54, 1.807) is 42.2 Å². The van der Waals surface area contributed by atoms with Crippen molar-refractivity contribution < 1.29 is 9.59 Å². The smallest absolute Gasteiger partial charge is 0.318 e. The molecule has 0 unspecified atom stereocenters. The van der Waals surface area contributed by atoms with Crippen molar-refractivity contribution in [1.29, 1.82) is 0 Å². The van der Waals surface area contributed by atoms with Crippen molar-refractivity contribution in [3.8, 4) is 5.69 Å². The number of carbonyl (C=O) groups excluding carboxylic acids is 2. The van der Waals surface area contributed by atoms with E-state index in [0.29, 0.717) is 17.1 Å². The van der Waals surface area contributed by atoms with Gasteiger partial charge in [-0.2, -0.15) is 0 Å². The van der Waals surface area contributed by atoms with Crippen LogP contribution in [0, 0.1) is 0 Å². The van der Waals surface area contributed by atoms with Crippen LogP contribution in [0.2, 0.25) is 0 Å². The third-order valence-electron chi connectivity index (χ3n) is 3.53. The Labute approximate surface area is 144 Å². The van der Waals surface area contributed by atoms with Crippen LogP contribution in [0.1, 0.15) is 10.5 Å². The molecular weight excluding hydrogens is 318 g/mol. The van der Waals surface area contributed by atoms with Crippen molar-refractivity contribution in [2.24, 2.45) is 0 Å². The molecule has 2 aromatic carbocycles. The fourth-order valence-electron chi connectivity index (χ4n) is 2.28. The van der Waals surface area contributed by atoms with Gasteiger partial charge in [0.25, 0.3) is 5.91 Å². The van der Waals surface area contributed by atoms with Gasteiger partial charge in [-0.05, 0) is 36.4 Å². The molecule has 3 aromatic rings. The Bertz CT molecular complexity index is 872. The molecule has 3 amide bonds. The van der Waals surface area contributed by atoms with E-state index in [2.05, 4.69) is 20.9 Å². The topological polar surface area (TPSA) is 88.1 Å². The second-order valence-corrected chi connectivity index (χ2v) is 5.22. The molecule has 0 atom stereocenters. The molecule has 7 nitrogen and oxygen atoms in total. The van der Waals surface area contributed by atoms with Crippen LogP contribution in [0.3, 0.4) is 0 Å². The molecule has 3 N–H and O–H groups in total. The molecular formula is C18H17N5O2. The molecule has 0 aliphatic rings. The predicted molar refractivity (Wildman–Crippen MR) is 96.0 cm³/mol. The SMILES string of the molecule is CNC(=O)Nc1ccc(NC(=O)c2cncn2-c2ccccc2)cc1. The molecule has 7 heteroatoms. The molecule has 1 aromatic heterocycles. The normalized spacial score (nSPS) is 10.1. The van der Waals surface area contributed by atoms with Crippen LogP contribution in [0.5, 0.6) is 0 Å². The Morgan fingerprint density at radius 2 is 1.56 bits per heavy atom. The summed E-state index contributed by atoms with van der Waals surface area (Å²) < 4.78 is 1.72. The molecule has 0 spiro atoms. The number of carbonyl (C=O) groups is 2. The average Bonchev–Trinajstić information content (AvgIpc) is 3.14. The lowest BCUT2D eigenvalue weighted by Crippen LogP contribution is -2.24. The summed E-state index contributed by atoms with van der Waals surface area (Å²) in [5, 5.41) is 7.95. The summed E-state index contributed by atoms with van der Waals surface area (Å²) in [6.45, 7) is 0. The van der Waals surface area contributed by atoms with Crippen LogP contribution < -0.4 is 16.0 Å². The number of para-hydroxylation sites is 1. The van der Waals surface area contributed by atoms with Crippen LogP contribution in [-0.2, 0) is 0 Å². The van der Waals surface area contributed by atoms with E-state index < -0.39 is 0 Å². The lowest BCUT2D eigenvalue weighted by Gasteiger charge is -2.10. The number of amides is 3. The minimum atomic E-state index is -0.302. The van der Waals surface area contributed by atoms with Gasteiger partial charge in [0.15, 0.2) is 0 Å². The highest BCUT2D eigenvalue weighted by molar-refractivity contribution is 6.03. The Hall–Kier alpha value is -3.61. The summed E-state index contributed by atoms with van der Waals surface area (Å²) in [5.74, 6) is -0.270. The molecule has 126 valence electrons. The maximum atomic E-state index is 12.5. The number of imidazole rings is 1. The van der Waals surface area contributed by atoms with E-state index in [0.717, 1.165) is 5.69 Å². The molecule has 0 bridgehead atoms. The van der Waals surface area contributed by atoms with E-state index in [1.807, 2.05) is 30.3 Å². The molecule has 0 saturated carbocycles. The number of aromatic nitrogens is 2. The Balaban J connectivity index is 1.73. The number of nitrogens with zero attached hydrogens (tertiary/aromatic N) is 2. The highest BCUT2D eigenvalue weighted by Gasteiger charge is 2.13. The van der Waals surface area contributed by atoms with Crippen LogP contribution in [0.15, 0.2) is 67.1 Å². The van der Waals surface area contributed by atoms with Gasteiger partial charge in [-0.25, -0.2) is 9.78 Å². The Morgan fingerprint density at radius 1 is 0.920 bits per heavy atom. The fraction of sp³-hybridized carbons (Fsp3) is 0.0556. The van der Waals surface area contributed by atoms with Crippen molar-refractivity contribution in [3.63, 3.8) is 0 Å². The van der Waals surface area contributed by atoms with Gasteiger partial charge in [0.2, 0.25) is 0 Å². The molecule has 0 fully saturated rings. The van der Waals surface area contributed by atoms with Gasteiger partial charge >= 0.3 is 6.03 Å². The summed E-state index contributed by atoms with van der Waals surface area (Å²) in [6, 6.07) is 16.1. The predicted octanol–water partition coefficient (Wildman–Crippen LogP) is 2.88. The van der Waals surface area contributed by atoms with E-state index in [1.165, 1.54) is 6.20 Å². The first kappa shape index (κ1) is 16.3. The first-order valence-corrected chi connectivity index (χ1v) is 7.65. The first-order valence-electron chi connectivity index (χ1n) is 7.65. The number of urea groups is 1. The van der Waals surface area contributed by atoms with E-state index in [-0.39, 0.29) is 11.9 Å². The van der Waals surface area contributed by atoms with Gasteiger partial charge in [0, 0.05) is 24.1 Å². The second kappa shape index (κ2) is 7.31. The molecule has 0 radical (unpaired) electrons. The van der Waals surface area contributed by atoms with Crippen LogP contribution >= 0.6 is 0 Å². The lowest BCUT2D eigenvalue weighted by atomic mass is 10.2. The summed E-state index contributed by atoms with van der Waals surface area (Å²) >= 11 is 0. The maximum absolute atomic E-state index is 12.5. The van der Waals surface area contributed by atoms with Crippen molar-refractivity contribution in [1.82, 2.24) is 14.9 Å². The third kappa shape index (κ3) is 3.84. The zero-order chi connectivity index (χ0) is 17.6. The summed E-state index contributed by atoms with van der Waals surface area (Å²) in [6.07, 6.45) is 3.12. The number of anilines is 2. The molecule has 1 heterocycles. The number of nitrogens with one attached hydrogen (secondary N) is 3. The fourth-order valence-corrected chi connectivity index (χ4v) is 2.28. The minimum absolute atomic E-state index is 0.270. The summed E-state index contributed by atoms with van der Waals surface area (Å²) in [5.41, 5.74) is 2.54. The zero-order valence-corrected chi connectivity index (χ0v) is 13.6. The Kier molecular flexibility index (Phi) is 4.75. The van der Waals surface area contributed by atoms with Crippen molar-refractivity contribution in [2.45, 2.75) is 0 Å². The maximum Gasteiger partial charge on any atom is 0.318 e. The van der Waals surface area contributed by atoms with Gasteiger partial charge < -0.3 is 16.0 Å². The molecule has 3 rings (SSSR count). The molecule has 25 heavy (non-hydrogen) atoms. The number of hydrogen-bond donors (Lipinski definition) is 3. The molecule has 0 aliphatic carbocycles. The zero-order valence-electron chi connectivity index (χ0n) is 13.6. The number of benzene rings is 2. The number of hydrogen-bond acceptors (Lipinski definition) is 3. The van der Waals surface area contributed by atoms with Gasteiger partial charge in [-0.3, -0.25) is 9.36 Å². The second-order valence-electron chi connectivity index (χ2n) is 5.22. The minimum Gasteiger partial charge on any atom is -0.341 e. The van der Waals surface area contributed by atoms with E-state index in [4.69, 9.17) is 0 Å². The number of rotatable bonds is 4. The third-order valence-corrected chi connectivity index (χ3v) is 3.53. The van der Waals surface area contributed by atoms with Gasteiger partial charge in [0.05, 0.1) is 12.5 Å².